The minimum absolute atomic E-state index is 0.0233. The third kappa shape index (κ3) is 3.09. The molecule has 26 heavy (non-hydrogen) atoms. The van der Waals surface area contributed by atoms with E-state index < -0.39 is 15.6 Å². The summed E-state index contributed by atoms with van der Waals surface area (Å²) in [4.78, 5) is 12.7. The number of aromatic nitrogens is 2. The number of sulfonamides is 1. The Labute approximate surface area is 155 Å². The first-order valence-electron chi connectivity index (χ1n) is 7.64. The van der Waals surface area contributed by atoms with Gasteiger partial charge in [-0.25, -0.2) is 13.1 Å². The molecule has 2 aromatic carbocycles. The Morgan fingerprint density at radius 1 is 1.12 bits per heavy atom. The summed E-state index contributed by atoms with van der Waals surface area (Å²) in [5.74, 6) is 0. The Morgan fingerprint density at radius 2 is 1.77 bits per heavy atom. The molecule has 9 heteroatoms. The molecule has 0 atom stereocenters. The quantitative estimate of drug-likeness (QED) is 0.666. The fourth-order valence-corrected chi connectivity index (χ4v) is 3.84. The number of rotatable bonds is 4. The zero-order valence-corrected chi connectivity index (χ0v) is 15.7. The van der Waals surface area contributed by atoms with Gasteiger partial charge in [0, 0.05) is 7.05 Å². The summed E-state index contributed by atoms with van der Waals surface area (Å²) in [5, 5.41) is 0.256. The van der Waals surface area contributed by atoms with Crippen molar-refractivity contribution in [3.8, 4) is 5.69 Å². The molecule has 0 aliphatic rings. The molecule has 7 nitrogen and oxygen atoms in total. The van der Waals surface area contributed by atoms with Gasteiger partial charge in [0.15, 0.2) is 0 Å². The summed E-state index contributed by atoms with van der Waals surface area (Å²) in [6, 6.07) is 12.9. The topological polar surface area (TPSA) is 99.1 Å². The van der Waals surface area contributed by atoms with Gasteiger partial charge >= 0.3 is 0 Å². The Balaban J connectivity index is 2.08. The smallest absolute Gasteiger partial charge is 0.296 e. The molecular formula is C17H17ClN4O3S. The van der Waals surface area contributed by atoms with E-state index in [0.29, 0.717) is 11.4 Å². The van der Waals surface area contributed by atoms with Crippen LogP contribution >= 0.6 is 11.6 Å². The van der Waals surface area contributed by atoms with Crippen LogP contribution in [0.4, 0.5) is 11.4 Å². The maximum atomic E-state index is 12.8. The van der Waals surface area contributed by atoms with Crippen molar-refractivity contribution in [3.63, 3.8) is 0 Å². The predicted molar refractivity (Wildman–Crippen MR) is 102 cm³/mol. The standard InChI is InChI=1S/C17H17ClN4O3S/c1-11-16(17(23)22(21(11)2)12-6-4-3-5-7-12)20-26(24,25)13-8-9-14(18)15(19)10-13/h3-10,20H,19H2,1-2H3. The highest BCUT2D eigenvalue weighted by Crippen LogP contribution is 2.24. The van der Waals surface area contributed by atoms with Crippen molar-refractivity contribution in [2.24, 2.45) is 7.05 Å². The first-order chi connectivity index (χ1) is 12.2. The lowest BCUT2D eigenvalue weighted by Crippen LogP contribution is -2.23. The van der Waals surface area contributed by atoms with Gasteiger partial charge in [-0.2, -0.15) is 0 Å². The van der Waals surface area contributed by atoms with E-state index in [9.17, 15) is 13.2 Å². The fraction of sp³-hybridized carbons (Fsp3) is 0.118. The van der Waals surface area contributed by atoms with Crippen molar-refractivity contribution in [2.45, 2.75) is 11.8 Å². The number of nitrogen functional groups attached to an aromatic ring is 1. The number of benzene rings is 2. The lowest BCUT2D eigenvalue weighted by atomic mass is 10.3. The van der Waals surface area contributed by atoms with Crippen LogP contribution in [0.1, 0.15) is 5.69 Å². The first kappa shape index (κ1) is 18.1. The van der Waals surface area contributed by atoms with E-state index in [-0.39, 0.29) is 21.3 Å². The highest BCUT2D eigenvalue weighted by molar-refractivity contribution is 7.92. The molecule has 0 saturated heterocycles. The number of nitrogens with zero attached hydrogens (tertiary/aromatic N) is 2. The maximum absolute atomic E-state index is 12.8. The van der Waals surface area contributed by atoms with Crippen LogP contribution in [-0.2, 0) is 17.1 Å². The van der Waals surface area contributed by atoms with Crippen molar-refractivity contribution in [3.05, 3.63) is 69.6 Å². The van der Waals surface area contributed by atoms with E-state index in [1.807, 2.05) is 6.07 Å². The van der Waals surface area contributed by atoms with Crippen LogP contribution in [0.15, 0.2) is 58.2 Å². The van der Waals surface area contributed by atoms with Gasteiger partial charge in [0.25, 0.3) is 15.6 Å². The summed E-state index contributed by atoms with van der Waals surface area (Å²) in [7, 11) is -2.32. The van der Waals surface area contributed by atoms with Crippen molar-refractivity contribution >= 4 is 33.0 Å². The van der Waals surface area contributed by atoms with E-state index in [0.717, 1.165) is 0 Å². The Bertz CT molecular complexity index is 1130. The van der Waals surface area contributed by atoms with Crippen molar-refractivity contribution in [2.75, 3.05) is 10.5 Å². The number of para-hydroxylation sites is 1. The van der Waals surface area contributed by atoms with E-state index in [4.69, 9.17) is 17.3 Å². The molecule has 0 radical (unpaired) electrons. The third-order valence-corrected chi connectivity index (χ3v) is 5.76. The van der Waals surface area contributed by atoms with Gasteiger partial charge < -0.3 is 5.73 Å². The Morgan fingerprint density at radius 3 is 2.38 bits per heavy atom. The summed E-state index contributed by atoms with van der Waals surface area (Å²) in [6.45, 7) is 1.66. The van der Waals surface area contributed by atoms with Crippen LogP contribution in [0.25, 0.3) is 5.69 Å². The second-order valence-corrected chi connectivity index (χ2v) is 7.81. The van der Waals surface area contributed by atoms with Crippen molar-refractivity contribution in [1.29, 1.82) is 0 Å². The summed E-state index contributed by atoms with van der Waals surface area (Å²) < 4.78 is 30.7. The van der Waals surface area contributed by atoms with E-state index in [1.54, 1.807) is 42.9 Å². The number of anilines is 2. The average molecular weight is 393 g/mol. The van der Waals surface area contributed by atoms with Gasteiger partial charge in [0.1, 0.15) is 5.69 Å². The van der Waals surface area contributed by atoms with Gasteiger partial charge in [-0.3, -0.25) is 14.2 Å². The third-order valence-electron chi connectivity index (χ3n) is 4.07. The van der Waals surface area contributed by atoms with Crippen LogP contribution in [0, 0.1) is 6.92 Å². The van der Waals surface area contributed by atoms with Gasteiger partial charge in [0.05, 0.1) is 27.0 Å². The van der Waals surface area contributed by atoms with Crippen LogP contribution in [0.2, 0.25) is 5.02 Å². The maximum Gasteiger partial charge on any atom is 0.296 e. The Kier molecular flexibility index (Phi) is 4.55. The molecule has 0 fully saturated rings. The Hall–Kier alpha value is -2.71. The molecule has 0 amide bonds. The molecule has 0 aliphatic heterocycles. The number of hydrogen-bond acceptors (Lipinski definition) is 4. The molecule has 0 saturated carbocycles. The molecule has 1 aromatic heterocycles. The minimum atomic E-state index is -4.00. The molecule has 3 rings (SSSR count). The molecule has 0 bridgehead atoms. The van der Waals surface area contributed by atoms with E-state index in [2.05, 4.69) is 4.72 Å². The SMILES string of the molecule is Cc1c(NS(=O)(=O)c2ccc(Cl)c(N)c2)c(=O)n(-c2ccccc2)n1C. The second-order valence-electron chi connectivity index (χ2n) is 5.73. The fourth-order valence-electron chi connectivity index (χ4n) is 2.57. The predicted octanol–water partition coefficient (Wildman–Crippen LogP) is 2.52. The molecule has 1 heterocycles. The molecule has 136 valence electrons. The van der Waals surface area contributed by atoms with E-state index in [1.165, 1.54) is 22.9 Å². The largest absolute Gasteiger partial charge is 0.397 e. The summed E-state index contributed by atoms with van der Waals surface area (Å²) in [6.07, 6.45) is 0. The summed E-state index contributed by atoms with van der Waals surface area (Å²) in [5.41, 5.74) is 6.43. The monoisotopic (exact) mass is 392 g/mol. The van der Waals surface area contributed by atoms with Crippen LogP contribution in [-0.4, -0.2) is 17.8 Å². The second kappa shape index (κ2) is 6.54. The molecule has 0 aliphatic carbocycles. The van der Waals surface area contributed by atoms with Gasteiger partial charge in [-0.1, -0.05) is 29.8 Å². The number of halogens is 1. The van der Waals surface area contributed by atoms with Gasteiger partial charge in [-0.15, -0.1) is 0 Å². The molecule has 3 N–H and O–H groups in total. The zero-order chi connectivity index (χ0) is 19.1. The molecule has 0 spiro atoms. The number of hydrogen-bond donors (Lipinski definition) is 2. The van der Waals surface area contributed by atoms with Crippen molar-refractivity contribution < 1.29 is 8.42 Å². The molecular weight excluding hydrogens is 376 g/mol. The lowest BCUT2D eigenvalue weighted by molar-refractivity contribution is 0.601. The lowest BCUT2D eigenvalue weighted by Gasteiger charge is -2.08. The number of nitrogens with one attached hydrogen (secondary N) is 1. The molecule has 0 unspecified atom stereocenters. The minimum Gasteiger partial charge on any atom is -0.397 e. The first-order valence-corrected chi connectivity index (χ1v) is 9.50. The van der Waals surface area contributed by atoms with Gasteiger partial charge in [0.2, 0.25) is 0 Å². The average Bonchev–Trinajstić information content (AvgIpc) is 2.81. The number of nitrogens with two attached hydrogens (primary N) is 1. The highest BCUT2D eigenvalue weighted by atomic mass is 35.5. The zero-order valence-electron chi connectivity index (χ0n) is 14.1. The molecule has 3 aromatic rings. The summed E-state index contributed by atoms with van der Waals surface area (Å²) >= 11 is 5.84. The van der Waals surface area contributed by atoms with Crippen LogP contribution in [0.5, 0.6) is 0 Å². The van der Waals surface area contributed by atoms with Crippen LogP contribution in [0.3, 0.4) is 0 Å². The van der Waals surface area contributed by atoms with E-state index >= 15 is 0 Å². The van der Waals surface area contributed by atoms with Crippen LogP contribution < -0.4 is 16.0 Å². The van der Waals surface area contributed by atoms with Crippen molar-refractivity contribution in [1.82, 2.24) is 9.36 Å². The normalized spacial score (nSPS) is 11.5. The highest BCUT2D eigenvalue weighted by Gasteiger charge is 2.22. The van der Waals surface area contributed by atoms with Gasteiger partial charge in [-0.05, 0) is 37.3 Å².